The van der Waals surface area contributed by atoms with Gasteiger partial charge in [-0.05, 0) is 55.1 Å². The number of hydrogen-bond donors (Lipinski definition) is 2. The smallest absolute Gasteiger partial charge is 0.410 e. The van der Waals surface area contributed by atoms with Gasteiger partial charge in [0.1, 0.15) is 17.7 Å². The van der Waals surface area contributed by atoms with Crippen molar-refractivity contribution in [3.05, 3.63) is 47.0 Å². The molecule has 2 saturated heterocycles. The summed E-state index contributed by atoms with van der Waals surface area (Å²) in [6.07, 6.45) is 2.66. The SMILES string of the molecule is CCOC(=O)/C(Cl)=C/[C@H](C[C@@H]1CCCNC1=O)NC(=O)[C@@H]1[C@@H]2[C@H](CN1C(=O)OCc1ccccc1)C2(C)C. The molecule has 2 heterocycles. The van der Waals surface area contributed by atoms with E-state index in [0.717, 1.165) is 12.0 Å². The number of ether oxygens (including phenoxy) is 2. The van der Waals surface area contributed by atoms with Crippen LogP contribution in [0.1, 0.15) is 45.6 Å². The molecular weight excluding hydrogens is 510 g/mol. The summed E-state index contributed by atoms with van der Waals surface area (Å²) in [5, 5.41) is 5.66. The lowest BCUT2D eigenvalue weighted by Gasteiger charge is -2.31. The molecular formula is C28H36ClN3O6. The highest BCUT2D eigenvalue weighted by Gasteiger charge is 2.69. The van der Waals surface area contributed by atoms with Gasteiger partial charge in [0.25, 0.3) is 0 Å². The summed E-state index contributed by atoms with van der Waals surface area (Å²) < 4.78 is 10.5. The minimum Gasteiger partial charge on any atom is -0.462 e. The van der Waals surface area contributed by atoms with E-state index in [1.165, 1.54) is 11.0 Å². The molecule has 1 aromatic carbocycles. The molecule has 2 aliphatic heterocycles. The number of carbonyl (C=O) groups excluding carboxylic acids is 4. The second-order valence-electron chi connectivity index (χ2n) is 10.8. The number of hydrogen-bond acceptors (Lipinski definition) is 6. The van der Waals surface area contributed by atoms with Crippen molar-refractivity contribution in [3.8, 4) is 0 Å². The first-order chi connectivity index (χ1) is 18.1. The molecule has 3 aliphatic rings. The van der Waals surface area contributed by atoms with Crippen LogP contribution in [0.3, 0.4) is 0 Å². The highest BCUT2D eigenvalue weighted by Crippen LogP contribution is 2.64. The Morgan fingerprint density at radius 3 is 2.66 bits per heavy atom. The Morgan fingerprint density at radius 1 is 1.24 bits per heavy atom. The van der Waals surface area contributed by atoms with Gasteiger partial charge in [0, 0.05) is 25.0 Å². The molecule has 2 N–H and O–H groups in total. The van der Waals surface area contributed by atoms with Crippen molar-refractivity contribution < 1.29 is 28.7 Å². The first kappa shape index (κ1) is 28.0. The molecule has 1 aliphatic carbocycles. The van der Waals surface area contributed by atoms with Gasteiger partial charge < -0.3 is 20.1 Å². The van der Waals surface area contributed by atoms with Gasteiger partial charge in [-0.2, -0.15) is 0 Å². The van der Waals surface area contributed by atoms with Crippen LogP contribution < -0.4 is 10.6 Å². The first-order valence-corrected chi connectivity index (χ1v) is 13.6. The molecule has 1 aromatic rings. The number of carbonyl (C=O) groups is 4. The maximum absolute atomic E-state index is 13.7. The molecule has 3 amide bonds. The van der Waals surface area contributed by atoms with Gasteiger partial charge in [0.15, 0.2) is 0 Å². The van der Waals surface area contributed by atoms with Crippen LogP contribution in [0.2, 0.25) is 0 Å². The zero-order valence-corrected chi connectivity index (χ0v) is 22.8. The van der Waals surface area contributed by atoms with E-state index in [1.807, 2.05) is 30.3 Å². The van der Waals surface area contributed by atoms with Crippen LogP contribution in [-0.4, -0.2) is 60.6 Å². The molecule has 9 nitrogen and oxygen atoms in total. The number of esters is 1. The number of benzene rings is 1. The topological polar surface area (TPSA) is 114 Å². The molecule has 0 bridgehead atoms. The number of nitrogens with one attached hydrogen (secondary N) is 2. The maximum Gasteiger partial charge on any atom is 0.410 e. The van der Waals surface area contributed by atoms with Gasteiger partial charge in [0.2, 0.25) is 11.8 Å². The Bertz CT molecular complexity index is 1090. The number of nitrogens with zero attached hydrogens (tertiary/aromatic N) is 1. The molecule has 3 fully saturated rings. The lowest BCUT2D eigenvalue weighted by Crippen LogP contribution is -2.52. The Kier molecular flexibility index (Phi) is 8.65. The summed E-state index contributed by atoms with van der Waals surface area (Å²) >= 11 is 6.21. The van der Waals surface area contributed by atoms with Crippen molar-refractivity contribution in [2.45, 2.75) is 58.7 Å². The van der Waals surface area contributed by atoms with Crippen LogP contribution in [0.25, 0.3) is 0 Å². The molecule has 38 heavy (non-hydrogen) atoms. The van der Waals surface area contributed by atoms with E-state index in [2.05, 4.69) is 24.5 Å². The van der Waals surface area contributed by atoms with Crippen LogP contribution in [-0.2, 0) is 30.5 Å². The van der Waals surface area contributed by atoms with E-state index in [0.29, 0.717) is 19.5 Å². The average molecular weight is 546 g/mol. The average Bonchev–Trinajstić information content (AvgIpc) is 3.22. The Morgan fingerprint density at radius 2 is 1.97 bits per heavy atom. The maximum atomic E-state index is 13.7. The second-order valence-corrected chi connectivity index (χ2v) is 11.2. The third-order valence-corrected chi connectivity index (χ3v) is 8.28. The summed E-state index contributed by atoms with van der Waals surface area (Å²) in [4.78, 5) is 52.9. The summed E-state index contributed by atoms with van der Waals surface area (Å²) in [5.74, 6) is -1.31. The van der Waals surface area contributed by atoms with Crippen molar-refractivity contribution in [3.63, 3.8) is 0 Å². The fourth-order valence-corrected chi connectivity index (χ4v) is 6.03. The molecule has 0 aromatic heterocycles. The molecule has 0 unspecified atom stereocenters. The van der Waals surface area contributed by atoms with Crippen LogP contribution in [0.4, 0.5) is 4.79 Å². The van der Waals surface area contributed by atoms with Gasteiger partial charge in [-0.15, -0.1) is 0 Å². The van der Waals surface area contributed by atoms with Crippen molar-refractivity contribution in [1.82, 2.24) is 15.5 Å². The monoisotopic (exact) mass is 545 g/mol. The second kappa shape index (κ2) is 11.8. The van der Waals surface area contributed by atoms with Crippen molar-refractivity contribution >= 4 is 35.5 Å². The lowest BCUT2D eigenvalue weighted by molar-refractivity contribution is -0.137. The number of halogens is 1. The third-order valence-electron chi connectivity index (χ3n) is 8.00. The van der Waals surface area contributed by atoms with Crippen LogP contribution >= 0.6 is 11.6 Å². The highest BCUT2D eigenvalue weighted by atomic mass is 35.5. The Hall–Kier alpha value is -3.07. The number of rotatable bonds is 9. The van der Waals surface area contributed by atoms with Gasteiger partial charge in [0.05, 0.1) is 6.61 Å². The summed E-state index contributed by atoms with van der Waals surface area (Å²) in [7, 11) is 0. The molecule has 206 valence electrons. The molecule has 4 rings (SSSR count). The van der Waals surface area contributed by atoms with E-state index in [4.69, 9.17) is 21.1 Å². The fourth-order valence-electron chi connectivity index (χ4n) is 5.82. The minimum atomic E-state index is -0.726. The quantitative estimate of drug-likeness (QED) is 0.363. The zero-order valence-electron chi connectivity index (χ0n) is 22.1. The van der Waals surface area contributed by atoms with Crippen molar-refractivity contribution in [2.75, 3.05) is 19.7 Å². The Labute approximate surface area is 228 Å². The fraction of sp³-hybridized carbons (Fsp3) is 0.571. The minimum absolute atomic E-state index is 0.0186. The molecule has 1 saturated carbocycles. The molecule has 10 heteroatoms. The molecule has 0 spiro atoms. The lowest BCUT2D eigenvalue weighted by atomic mass is 9.91. The normalized spacial score (nSPS) is 26.6. The third kappa shape index (κ3) is 6.14. The van der Waals surface area contributed by atoms with Gasteiger partial charge in [-0.25, -0.2) is 9.59 Å². The molecule has 0 radical (unpaired) electrons. The van der Waals surface area contributed by atoms with Crippen LogP contribution in [0, 0.1) is 23.2 Å². The predicted octanol–water partition coefficient (Wildman–Crippen LogP) is 3.37. The van der Waals surface area contributed by atoms with Crippen LogP contribution in [0.5, 0.6) is 0 Å². The van der Waals surface area contributed by atoms with E-state index in [1.54, 1.807) is 6.92 Å². The summed E-state index contributed by atoms with van der Waals surface area (Å²) in [6, 6.07) is 7.94. The molecule has 5 atom stereocenters. The first-order valence-electron chi connectivity index (χ1n) is 13.2. The van der Waals surface area contributed by atoms with Gasteiger partial charge >= 0.3 is 12.1 Å². The van der Waals surface area contributed by atoms with E-state index in [9.17, 15) is 19.2 Å². The summed E-state index contributed by atoms with van der Waals surface area (Å²) in [6.45, 7) is 7.18. The standard InChI is InChI=1S/C28H36ClN3O6/c1-4-37-26(35)21(29)14-19(13-18-11-8-12-30-24(18)33)31-25(34)23-22-20(28(22,2)3)15-32(23)27(36)38-16-17-9-6-5-7-10-17/h5-7,9-10,14,18-20,22-23H,4,8,11-13,15-16H2,1-3H3,(H,30,33)(H,31,34)/b21-14-/t18-,19-,20-,22-,23-/m0/s1. The van der Waals surface area contributed by atoms with E-state index in [-0.39, 0.29) is 59.6 Å². The largest absolute Gasteiger partial charge is 0.462 e. The van der Waals surface area contributed by atoms with E-state index < -0.39 is 24.1 Å². The van der Waals surface area contributed by atoms with Gasteiger partial charge in [-0.3, -0.25) is 14.5 Å². The number of amides is 3. The number of piperidine rings is 2. The van der Waals surface area contributed by atoms with E-state index >= 15 is 0 Å². The zero-order chi connectivity index (χ0) is 27.4. The van der Waals surface area contributed by atoms with Crippen LogP contribution in [0.15, 0.2) is 41.4 Å². The van der Waals surface area contributed by atoms with Gasteiger partial charge in [-0.1, -0.05) is 55.8 Å². The Balaban J connectivity index is 1.50. The number of fused-ring (bicyclic) bond motifs is 1. The van der Waals surface area contributed by atoms with Crippen molar-refractivity contribution in [2.24, 2.45) is 23.2 Å². The summed E-state index contributed by atoms with van der Waals surface area (Å²) in [5.41, 5.74) is 0.770. The number of likely N-dealkylation sites (tertiary alicyclic amines) is 1. The highest BCUT2D eigenvalue weighted by molar-refractivity contribution is 6.41. The predicted molar refractivity (Wildman–Crippen MR) is 141 cm³/mol. The van der Waals surface area contributed by atoms with Crippen molar-refractivity contribution in [1.29, 1.82) is 0 Å².